The molecule has 0 fully saturated rings. The smallest absolute Gasteiger partial charge is 0.0589 e. The molecule has 0 aliphatic heterocycles. The minimum absolute atomic E-state index is 0.515. The quantitative estimate of drug-likeness (QED) is 0.498. The van der Waals surface area contributed by atoms with Gasteiger partial charge in [-0.05, 0) is 37.2 Å². The molecular formula is C15H26N2. The van der Waals surface area contributed by atoms with Crippen molar-refractivity contribution in [3.63, 3.8) is 0 Å². The molecule has 0 aromatic rings. The maximum Gasteiger partial charge on any atom is 0.0589 e. The first-order valence-corrected chi connectivity index (χ1v) is 6.38. The van der Waals surface area contributed by atoms with E-state index in [9.17, 15) is 0 Å². The third kappa shape index (κ3) is 7.67. The summed E-state index contributed by atoms with van der Waals surface area (Å²) in [4.78, 5) is 4.23. The Morgan fingerprint density at radius 3 is 2.35 bits per heavy atom. The van der Waals surface area contributed by atoms with E-state index in [1.165, 1.54) is 18.9 Å². The summed E-state index contributed by atoms with van der Waals surface area (Å²) in [7, 11) is 0. The molecule has 1 N–H and O–H groups in total. The second-order valence-corrected chi connectivity index (χ2v) is 4.97. The molecule has 0 aromatic carbocycles. The summed E-state index contributed by atoms with van der Waals surface area (Å²) in [6.07, 6.45) is 10.0. The van der Waals surface area contributed by atoms with Gasteiger partial charge in [0.05, 0.1) is 5.70 Å². The summed E-state index contributed by atoms with van der Waals surface area (Å²) in [5.74, 6) is 1.96. The van der Waals surface area contributed by atoms with Crippen LogP contribution in [0.1, 0.15) is 41.0 Å². The zero-order valence-electron chi connectivity index (χ0n) is 11.8. The highest BCUT2D eigenvalue weighted by atomic mass is 14.7. The van der Waals surface area contributed by atoms with Gasteiger partial charge in [0.1, 0.15) is 0 Å². The normalized spacial score (nSPS) is 16.9. The third-order valence-electron chi connectivity index (χ3n) is 2.97. The molecule has 0 aromatic heterocycles. The Morgan fingerprint density at radius 1 is 1.24 bits per heavy atom. The van der Waals surface area contributed by atoms with E-state index in [-0.39, 0.29) is 0 Å². The van der Waals surface area contributed by atoms with E-state index in [1.807, 2.05) is 19.1 Å². The van der Waals surface area contributed by atoms with Crippen molar-refractivity contribution in [3.8, 4) is 0 Å². The Kier molecular flexibility index (Phi) is 8.29. The molecule has 0 spiro atoms. The van der Waals surface area contributed by atoms with Crippen LogP contribution < -0.4 is 0 Å². The molecule has 0 bridgehead atoms. The average Bonchev–Trinajstić information content (AvgIpc) is 2.25. The topological polar surface area (TPSA) is 36.2 Å². The lowest BCUT2D eigenvalue weighted by Gasteiger charge is -2.18. The van der Waals surface area contributed by atoms with Gasteiger partial charge in [-0.1, -0.05) is 39.8 Å². The van der Waals surface area contributed by atoms with E-state index >= 15 is 0 Å². The van der Waals surface area contributed by atoms with Crippen LogP contribution in [0.5, 0.6) is 0 Å². The fraction of sp³-hybridized carbons (Fsp3) is 0.600. The van der Waals surface area contributed by atoms with Crippen molar-refractivity contribution >= 4 is 12.4 Å². The zero-order valence-corrected chi connectivity index (χ0v) is 11.8. The molecule has 0 radical (unpaired) electrons. The monoisotopic (exact) mass is 234 g/mol. The van der Waals surface area contributed by atoms with Crippen LogP contribution in [0.25, 0.3) is 0 Å². The van der Waals surface area contributed by atoms with Crippen molar-refractivity contribution in [3.05, 3.63) is 23.9 Å². The van der Waals surface area contributed by atoms with Crippen LogP contribution >= 0.6 is 0 Å². The predicted molar refractivity (Wildman–Crippen MR) is 78.0 cm³/mol. The number of rotatable bonds is 7. The maximum atomic E-state index is 6.95. The number of nitrogens with one attached hydrogen (secondary N) is 1. The number of nitrogens with zero attached hydrogens (tertiary/aromatic N) is 1. The lowest BCUT2D eigenvalue weighted by atomic mass is 9.88. The minimum atomic E-state index is 0.515. The molecule has 0 heterocycles. The highest BCUT2D eigenvalue weighted by Gasteiger charge is 2.10. The Morgan fingerprint density at radius 2 is 1.88 bits per heavy atom. The highest BCUT2D eigenvalue weighted by molar-refractivity contribution is 6.14. The number of aliphatic imine (C=N–C) groups is 1. The summed E-state index contributed by atoms with van der Waals surface area (Å²) in [5, 5.41) is 6.95. The van der Waals surface area contributed by atoms with Crippen LogP contribution in [0.3, 0.4) is 0 Å². The van der Waals surface area contributed by atoms with Gasteiger partial charge in [-0.15, -0.1) is 0 Å². The third-order valence-corrected chi connectivity index (χ3v) is 2.97. The van der Waals surface area contributed by atoms with Crippen LogP contribution in [0, 0.1) is 23.2 Å². The molecule has 0 amide bonds. The van der Waals surface area contributed by atoms with Crippen molar-refractivity contribution in [2.75, 3.05) is 0 Å². The number of hydrogen-bond acceptors (Lipinski definition) is 2. The van der Waals surface area contributed by atoms with Crippen molar-refractivity contribution in [1.82, 2.24) is 0 Å². The fourth-order valence-electron chi connectivity index (χ4n) is 1.65. The van der Waals surface area contributed by atoms with Crippen molar-refractivity contribution in [1.29, 1.82) is 5.41 Å². The van der Waals surface area contributed by atoms with Crippen LogP contribution in [0.15, 0.2) is 28.9 Å². The molecule has 0 aliphatic carbocycles. The van der Waals surface area contributed by atoms with E-state index in [1.54, 1.807) is 0 Å². The van der Waals surface area contributed by atoms with E-state index in [2.05, 4.69) is 38.8 Å². The summed E-state index contributed by atoms with van der Waals surface area (Å²) in [6, 6.07) is 0. The van der Waals surface area contributed by atoms with Gasteiger partial charge in [-0.2, -0.15) is 0 Å². The van der Waals surface area contributed by atoms with E-state index in [0.29, 0.717) is 5.92 Å². The van der Waals surface area contributed by atoms with Crippen molar-refractivity contribution in [2.45, 2.75) is 41.0 Å². The molecule has 0 rings (SSSR count). The van der Waals surface area contributed by atoms with Crippen LogP contribution in [0.2, 0.25) is 0 Å². The second kappa shape index (κ2) is 8.91. The van der Waals surface area contributed by atoms with Gasteiger partial charge >= 0.3 is 0 Å². The molecule has 0 saturated heterocycles. The molecular weight excluding hydrogens is 208 g/mol. The van der Waals surface area contributed by atoms with E-state index in [0.717, 1.165) is 17.5 Å². The van der Waals surface area contributed by atoms with E-state index in [4.69, 9.17) is 5.41 Å². The highest BCUT2D eigenvalue weighted by Crippen LogP contribution is 2.21. The molecule has 2 atom stereocenters. The minimum Gasteiger partial charge on any atom is -0.307 e. The van der Waals surface area contributed by atoms with Crippen molar-refractivity contribution in [2.24, 2.45) is 22.7 Å². The van der Waals surface area contributed by atoms with Gasteiger partial charge in [-0.3, -0.25) is 4.99 Å². The van der Waals surface area contributed by atoms with Gasteiger partial charge in [0, 0.05) is 12.4 Å². The summed E-state index contributed by atoms with van der Waals surface area (Å²) < 4.78 is 0. The molecule has 0 aliphatic rings. The average molecular weight is 234 g/mol. The van der Waals surface area contributed by atoms with Gasteiger partial charge in [0.2, 0.25) is 0 Å². The van der Waals surface area contributed by atoms with Crippen LogP contribution in [0.4, 0.5) is 0 Å². The fourth-order valence-corrected chi connectivity index (χ4v) is 1.65. The number of hydrogen-bond donors (Lipinski definition) is 1. The summed E-state index contributed by atoms with van der Waals surface area (Å²) >= 11 is 0. The molecule has 96 valence electrons. The van der Waals surface area contributed by atoms with Gasteiger partial charge in [-0.25, -0.2) is 0 Å². The van der Waals surface area contributed by atoms with Crippen molar-refractivity contribution < 1.29 is 0 Å². The Labute approximate surface area is 106 Å². The Hall–Kier alpha value is -1.18. The summed E-state index contributed by atoms with van der Waals surface area (Å²) in [6.45, 7) is 11.0. The zero-order chi connectivity index (χ0) is 13.3. The lowest BCUT2D eigenvalue weighted by molar-refractivity contribution is 0.358. The van der Waals surface area contributed by atoms with Crippen LogP contribution in [-0.2, 0) is 0 Å². The molecule has 2 heteroatoms. The maximum absolute atomic E-state index is 6.95. The van der Waals surface area contributed by atoms with Gasteiger partial charge in [0.25, 0.3) is 0 Å². The van der Waals surface area contributed by atoms with E-state index < -0.39 is 0 Å². The first kappa shape index (κ1) is 15.8. The largest absolute Gasteiger partial charge is 0.307 e. The predicted octanol–water partition coefficient (Wildman–Crippen LogP) is 4.49. The first-order valence-electron chi connectivity index (χ1n) is 6.38. The van der Waals surface area contributed by atoms with Crippen LogP contribution in [-0.4, -0.2) is 12.4 Å². The summed E-state index contributed by atoms with van der Waals surface area (Å²) in [5.41, 5.74) is 0.944. The molecule has 2 nitrogen and oxygen atoms in total. The van der Waals surface area contributed by atoms with Gasteiger partial charge in [0.15, 0.2) is 0 Å². The SMILES string of the molecule is CC=CC(=CC(C)CC(C)C(C)C)N=CC=N. The molecule has 2 unspecified atom stereocenters. The second-order valence-electron chi connectivity index (χ2n) is 4.97. The Balaban J connectivity index is 4.58. The molecule has 0 saturated carbocycles. The Bertz CT molecular complexity index is 298. The lowest BCUT2D eigenvalue weighted by Crippen LogP contribution is -2.08. The first-order chi connectivity index (χ1) is 8.01. The number of allylic oxidation sites excluding steroid dienone is 3. The van der Waals surface area contributed by atoms with Gasteiger partial charge < -0.3 is 5.41 Å². The standard InChI is InChI=1S/C15H26N2/c1-6-7-15(17-9-8-16)11-13(4)10-14(5)12(2)3/h6-9,11-14,16H,10H2,1-5H3. The molecule has 17 heavy (non-hydrogen) atoms.